The molecule has 3 heteroatoms. The Morgan fingerprint density at radius 2 is 2.18 bits per heavy atom. The first-order valence-electron chi connectivity index (χ1n) is 2.96. The van der Waals surface area contributed by atoms with Crippen LogP contribution in [0.1, 0.15) is 5.56 Å². The SMILES string of the molecule is Brc1cccc(/C(I)=C\I)c1. The first-order chi connectivity index (χ1) is 5.24. The van der Waals surface area contributed by atoms with E-state index in [0.717, 1.165) is 4.47 Å². The third-order valence-electron chi connectivity index (χ3n) is 1.20. The Balaban J connectivity index is 3.06. The van der Waals surface area contributed by atoms with Gasteiger partial charge in [0.05, 0.1) is 0 Å². The molecule has 1 rings (SSSR count). The fourth-order valence-corrected chi connectivity index (χ4v) is 1.79. The molecule has 0 aliphatic rings. The molecule has 0 saturated carbocycles. The van der Waals surface area contributed by atoms with Crippen molar-refractivity contribution >= 4 is 64.7 Å². The summed E-state index contributed by atoms with van der Waals surface area (Å²) in [5, 5.41) is 0. The zero-order chi connectivity index (χ0) is 8.27. The van der Waals surface area contributed by atoms with Crippen LogP contribution in [0.2, 0.25) is 0 Å². The number of rotatable bonds is 1. The van der Waals surface area contributed by atoms with E-state index in [0.29, 0.717) is 0 Å². The normalized spacial score (nSPS) is 11.7. The summed E-state index contributed by atoms with van der Waals surface area (Å²) in [6.45, 7) is 0. The molecule has 11 heavy (non-hydrogen) atoms. The van der Waals surface area contributed by atoms with E-state index >= 15 is 0 Å². The highest BCUT2D eigenvalue weighted by Crippen LogP contribution is 2.25. The molecule has 0 nitrogen and oxygen atoms in total. The maximum Gasteiger partial charge on any atom is 0.0263 e. The minimum Gasteiger partial charge on any atom is -0.0605 e. The highest BCUT2D eigenvalue weighted by Gasteiger charge is 1.95. The van der Waals surface area contributed by atoms with Crippen LogP contribution in [0.4, 0.5) is 0 Å². The standard InChI is InChI=1S/C8H5BrI2/c9-7-3-1-2-6(4-7)8(11)5-10/h1-5H/b8-5+. The van der Waals surface area contributed by atoms with Crippen LogP contribution in [0, 0.1) is 0 Å². The molecule has 0 atom stereocenters. The van der Waals surface area contributed by atoms with E-state index in [9.17, 15) is 0 Å². The molecule has 0 heterocycles. The Morgan fingerprint density at radius 1 is 1.45 bits per heavy atom. The van der Waals surface area contributed by atoms with Crippen molar-refractivity contribution in [1.29, 1.82) is 0 Å². The highest BCUT2D eigenvalue weighted by molar-refractivity contribution is 14.1. The molecule has 58 valence electrons. The second-order valence-corrected chi connectivity index (χ2v) is 4.67. The monoisotopic (exact) mass is 434 g/mol. The molecule has 0 aliphatic carbocycles. The topological polar surface area (TPSA) is 0 Å². The van der Waals surface area contributed by atoms with Crippen LogP contribution in [0.15, 0.2) is 32.8 Å². The summed E-state index contributed by atoms with van der Waals surface area (Å²) in [6.07, 6.45) is 0. The number of benzene rings is 1. The minimum atomic E-state index is 1.13. The third kappa shape index (κ3) is 3.02. The van der Waals surface area contributed by atoms with Crippen LogP contribution < -0.4 is 0 Å². The zero-order valence-electron chi connectivity index (χ0n) is 5.52. The van der Waals surface area contributed by atoms with Gasteiger partial charge < -0.3 is 0 Å². The van der Waals surface area contributed by atoms with E-state index in [1.807, 2.05) is 12.1 Å². The molecule has 1 aromatic rings. The molecule has 0 saturated heterocycles. The zero-order valence-corrected chi connectivity index (χ0v) is 11.4. The number of hydrogen-bond donors (Lipinski definition) is 0. The first-order valence-corrected chi connectivity index (χ1v) is 6.07. The van der Waals surface area contributed by atoms with Crippen molar-refractivity contribution in [2.75, 3.05) is 0 Å². The van der Waals surface area contributed by atoms with Gasteiger partial charge in [-0.15, -0.1) is 0 Å². The van der Waals surface area contributed by atoms with Gasteiger partial charge in [0, 0.05) is 8.05 Å². The van der Waals surface area contributed by atoms with E-state index < -0.39 is 0 Å². The van der Waals surface area contributed by atoms with Crippen LogP contribution in [0.25, 0.3) is 3.58 Å². The molecule has 1 aromatic carbocycles. The van der Waals surface area contributed by atoms with Crippen LogP contribution >= 0.6 is 61.1 Å². The lowest BCUT2D eigenvalue weighted by Gasteiger charge is -1.97. The second kappa shape index (κ2) is 4.81. The van der Waals surface area contributed by atoms with E-state index in [1.165, 1.54) is 9.14 Å². The lowest BCUT2D eigenvalue weighted by molar-refractivity contribution is 1.61. The maximum atomic E-state index is 3.43. The molecule has 0 spiro atoms. The van der Waals surface area contributed by atoms with Crippen LogP contribution in [0.5, 0.6) is 0 Å². The fraction of sp³-hybridized carbons (Fsp3) is 0. The molecule has 0 amide bonds. The third-order valence-corrected chi connectivity index (χ3v) is 4.44. The summed E-state index contributed by atoms with van der Waals surface area (Å²) in [5.74, 6) is 0. The van der Waals surface area contributed by atoms with Gasteiger partial charge in [-0.05, 0) is 44.4 Å². The molecular formula is C8H5BrI2. The van der Waals surface area contributed by atoms with Gasteiger partial charge in [0.2, 0.25) is 0 Å². The molecule has 0 unspecified atom stereocenters. The minimum absolute atomic E-state index is 1.13. The average Bonchev–Trinajstić information content (AvgIpc) is 2.03. The van der Waals surface area contributed by atoms with Gasteiger partial charge in [0.25, 0.3) is 0 Å². The lowest BCUT2D eigenvalue weighted by Crippen LogP contribution is -1.73. The predicted molar refractivity (Wildman–Crippen MR) is 70.2 cm³/mol. The van der Waals surface area contributed by atoms with Crippen molar-refractivity contribution in [3.63, 3.8) is 0 Å². The fourth-order valence-electron chi connectivity index (χ4n) is 0.700. The number of halogens is 3. The molecular weight excluding hydrogens is 430 g/mol. The Bertz CT molecular complexity index is 281. The van der Waals surface area contributed by atoms with Crippen molar-refractivity contribution in [2.45, 2.75) is 0 Å². The quantitative estimate of drug-likeness (QED) is 0.566. The van der Waals surface area contributed by atoms with Crippen molar-refractivity contribution in [2.24, 2.45) is 0 Å². The molecule has 0 radical (unpaired) electrons. The Labute approximate surface area is 102 Å². The summed E-state index contributed by atoms with van der Waals surface area (Å²) in [5.41, 5.74) is 1.26. The van der Waals surface area contributed by atoms with Gasteiger partial charge in [-0.1, -0.05) is 50.7 Å². The molecule has 0 bridgehead atoms. The maximum absolute atomic E-state index is 3.43. The van der Waals surface area contributed by atoms with Crippen molar-refractivity contribution in [3.8, 4) is 0 Å². The highest BCUT2D eigenvalue weighted by atomic mass is 127. The Hall–Kier alpha value is 0.900. The van der Waals surface area contributed by atoms with Gasteiger partial charge in [-0.3, -0.25) is 0 Å². The van der Waals surface area contributed by atoms with E-state index in [2.05, 4.69) is 77.3 Å². The molecule has 0 aromatic heterocycles. The van der Waals surface area contributed by atoms with Gasteiger partial charge in [-0.2, -0.15) is 0 Å². The largest absolute Gasteiger partial charge is 0.0605 e. The van der Waals surface area contributed by atoms with Gasteiger partial charge >= 0.3 is 0 Å². The van der Waals surface area contributed by atoms with E-state index in [-0.39, 0.29) is 0 Å². The summed E-state index contributed by atoms with van der Waals surface area (Å²) < 4.78 is 4.46. The number of hydrogen-bond acceptors (Lipinski definition) is 0. The van der Waals surface area contributed by atoms with Crippen LogP contribution in [0.3, 0.4) is 0 Å². The molecule has 0 aliphatic heterocycles. The smallest absolute Gasteiger partial charge is 0.0263 e. The summed E-state index contributed by atoms with van der Waals surface area (Å²) in [7, 11) is 0. The molecule has 0 fully saturated rings. The van der Waals surface area contributed by atoms with E-state index in [4.69, 9.17) is 0 Å². The first kappa shape index (κ1) is 9.98. The predicted octanol–water partition coefficient (Wildman–Crippen LogP) is 4.62. The summed E-state index contributed by atoms with van der Waals surface area (Å²) in [4.78, 5) is 0. The Morgan fingerprint density at radius 3 is 2.73 bits per heavy atom. The van der Waals surface area contributed by atoms with E-state index in [1.54, 1.807) is 0 Å². The van der Waals surface area contributed by atoms with Crippen molar-refractivity contribution in [1.82, 2.24) is 0 Å². The van der Waals surface area contributed by atoms with Gasteiger partial charge in [-0.25, -0.2) is 0 Å². The lowest BCUT2D eigenvalue weighted by atomic mass is 10.2. The molecule has 0 N–H and O–H groups in total. The summed E-state index contributed by atoms with van der Waals surface area (Å²) >= 11 is 7.99. The Kier molecular flexibility index (Phi) is 4.37. The van der Waals surface area contributed by atoms with Gasteiger partial charge in [0.15, 0.2) is 0 Å². The van der Waals surface area contributed by atoms with Crippen LogP contribution in [-0.2, 0) is 0 Å². The average molecular weight is 435 g/mol. The summed E-state index contributed by atoms with van der Waals surface area (Å²) in [6, 6.07) is 8.28. The van der Waals surface area contributed by atoms with Gasteiger partial charge in [0.1, 0.15) is 0 Å². The van der Waals surface area contributed by atoms with Crippen LogP contribution in [-0.4, -0.2) is 0 Å². The second-order valence-electron chi connectivity index (χ2n) is 1.97. The van der Waals surface area contributed by atoms with Crippen molar-refractivity contribution in [3.05, 3.63) is 38.4 Å². The van der Waals surface area contributed by atoms with Crippen molar-refractivity contribution < 1.29 is 0 Å².